The first-order valence-corrected chi connectivity index (χ1v) is 13.2. The summed E-state index contributed by atoms with van der Waals surface area (Å²) in [4.78, 5) is 2.09. The molecular weight excluding hydrogens is 472 g/mol. The van der Waals surface area contributed by atoms with E-state index in [4.69, 9.17) is 17.0 Å². The van der Waals surface area contributed by atoms with E-state index >= 15 is 0 Å². The zero-order valence-corrected chi connectivity index (χ0v) is 22.2. The highest BCUT2D eigenvalue weighted by Gasteiger charge is 2.17. The molecule has 4 aromatic carbocycles. The van der Waals surface area contributed by atoms with Crippen molar-refractivity contribution < 1.29 is 4.74 Å². The molecule has 0 atom stereocenters. The predicted molar refractivity (Wildman–Crippen MR) is 159 cm³/mol. The van der Waals surface area contributed by atoms with Gasteiger partial charge in [0.2, 0.25) is 0 Å². The van der Waals surface area contributed by atoms with Gasteiger partial charge < -0.3 is 15.0 Å². The van der Waals surface area contributed by atoms with Crippen molar-refractivity contribution in [3.05, 3.63) is 125 Å². The van der Waals surface area contributed by atoms with Crippen LogP contribution in [-0.4, -0.2) is 30.7 Å². The Balaban J connectivity index is 1.32. The van der Waals surface area contributed by atoms with E-state index in [1.165, 1.54) is 27.8 Å². The van der Waals surface area contributed by atoms with Crippen LogP contribution in [0.4, 0.5) is 5.69 Å². The van der Waals surface area contributed by atoms with E-state index in [0.29, 0.717) is 5.11 Å². The molecule has 186 valence electrons. The highest BCUT2D eigenvalue weighted by molar-refractivity contribution is 7.80. The zero-order chi connectivity index (χ0) is 25.6. The average Bonchev–Trinajstić information content (AvgIpc) is 3.10. The average molecular weight is 505 g/mol. The van der Waals surface area contributed by atoms with Gasteiger partial charge in [-0.2, -0.15) is 0 Å². The highest BCUT2D eigenvalue weighted by atomic mass is 32.1. The quantitative estimate of drug-likeness (QED) is 0.273. The van der Waals surface area contributed by atoms with E-state index in [-0.39, 0.29) is 0 Å². The predicted octanol–water partition coefficient (Wildman–Crippen LogP) is 7.61. The van der Waals surface area contributed by atoms with Crippen molar-refractivity contribution in [1.82, 2.24) is 4.90 Å². The number of aryl methyl sites for hydroxylation is 2. The third-order valence-electron chi connectivity index (χ3n) is 6.99. The van der Waals surface area contributed by atoms with Crippen LogP contribution in [0.2, 0.25) is 0 Å². The maximum absolute atomic E-state index is 5.78. The number of hydrogen-bond donors (Lipinski definition) is 1. The smallest absolute Gasteiger partial charge is 0.173 e. The Bertz CT molecular complexity index is 1380. The second-order valence-electron chi connectivity index (χ2n) is 9.35. The van der Waals surface area contributed by atoms with Crippen molar-refractivity contribution in [3.8, 4) is 16.9 Å². The first kappa shape index (κ1) is 24.8. The second kappa shape index (κ2) is 11.4. The number of rotatable bonds is 6. The summed E-state index contributed by atoms with van der Waals surface area (Å²) < 4.78 is 5.61. The van der Waals surface area contributed by atoms with E-state index < -0.39 is 0 Å². The van der Waals surface area contributed by atoms with Gasteiger partial charge in [-0.05, 0) is 82.6 Å². The molecule has 4 aromatic rings. The third kappa shape index (κ3) is 5.60. The van der Waals surface area contributed by atoms with Crippen LogP contribution in [0.3, 0.4) is 0 Å². The standard InChI is InChI=1S/C33H32N2OS/c1-35(33(37)34-31-23-27(20-21-32(31)36-2)24-11-4-3-5-12-24)22-10-17-30-28-15-8-6-13-25(28)18-19-26-14-7-9-16-29(26)30/h3-9,11-17,20-21,23H,10,18-19,22H2,1-2H3,(H,34,37). The SMILES string of the molecule is COc1ccc(-c2ccccc2)cc1NC(=S)N(C)CCC=C1c2ccccc2CCc2ccccc21. The largest absolute Gasteiger partial charge is 0.495 e. The van der Waals surface area contributed by atoms with Gasteiger partial charge in [0.1, 0.15) is 5.75 Å². The topological polar surface area (TPSA) is 24.5 Å². The number of anilines is 1. The van der Waals surface area contributed by atoms with Crippen LogP contribution >= 0.6 is 12.2 Å². The molecule has 3 nitrogen and oxygen atoms in total. The summed E-state index contributed by atoms with van der Waals surface area (Å²) in [6.45, 7) is 0.806. The van der Waals surface area contributed by atoms with Crippen LogP contribution in [0.5, 0.6) is 5.75 Å². The van der Waals surface area contributed by atoms with Gasteiger partial charge >= 0.3 is 0 Å². The summed E-state index contributed by atoms with van der Waals surface area (Å²) in [5, 5.41) is 4.08. The number of nitrogens with one attached hydrogen (secondary N) is 1. The van der Waals surface area contributed by atoms with Crippen LogP contribution in [0.25, 0.3) is 16.7 Å². The molecule has 4 heteroatoms. The van der Waals surface area contributed by atoms with Crippen molar-refractivity contribution in [2.45, 2.75) is 19.3 Å². The van der Waals surface area contributed by atoms with E-state index in [0.717, 1.165) is 48.4 Å². The van der Waals surface area contributed by atoms with E-state index in [9.17, 15) is 0 Å². The van der Waals surface area contributed by atoms with Crippen LogP contribution < -0.4 is 10.1 Å². The van der Waals surface area contributed by atoms with Gasteiger partial charge in [-0.3, -0.25) is 0 Å². The lowest BCUT2D eigenvalue weighted by Crippen LogP contribution is -2.31. The molecule has 1 aliphatic rings. The fraction of sp³-hybridized carbons (Fsp3) is 0.182. The molecule has 0 radical (unpaired) electrons. The van der Waals surface area contributed by atoms with Gasteiger partial charge in [-0.25, -0.2) is 0 Å². The molecule has 0 aliphatic heterocycles. The van der Waals surface area contributed by atoms with Gasteiger partial charge in [0, 0.05) is 13.6 Å². The summed E-state index contributed by atoms with van der Waals surface area (Å²) in [6.07, 6.45) is 5.40. The fourth-order valence-corrected chi connectivity index (χ4v) is 5.17. The van der Waals surface area contributed by atoms with Crippen molar-refractivity contribution in [2.24, 2.45) is 0 Å². The molecule has 0 bridgehead atoms. The Hall–Kier alpha value is -3.89. The van der Waals surface area contributed by atoms with Crippen molar-refractivity contribution in [1.29, 1.82) is 0 Å². The van der Waals surface area contributed by atoms with Crippen molar-refractivity contribution in [2.75, 3.05) is 26.0 Å². The number of benzene rings is 4. The van der Waals surface area contributed by atoms with E-state index in [1.807, 2.05) is 31.3 Å². The monoisotopic (exact) mass is 504 g/mol. The summed E-state index contributed by atoms with van der Waals surface area (Å²) in [7, 11) is 3.72. The Morgan fingerprint density at radius 2 is 1.46 bits per heavy atom. The van der Waals surface area contributed by atoms with Crippen LogP contribution in [0.1, 0.15) is 28.7 Å². The molecule has 0 spiro atoms. The first-order chi connectivity index (χ1) is 18.1. The summed E-state index contributed by atoms with van der Waals surface area (Å²) in [6, 6.07) is 34.1. The molecule has 0 amide bonds. The molecule has 1 N–H and O–H groups in total. The summed E-state index contributed by atoms with van der Waals surface area (Å²) in [5.74, 6) is 0.768. The molecule has 1 aliphatic carbocycles. The molecule has 0 heterocycles. The molecular formula is C33H32N2OS. The minimum Gasteiger partial charge on any atom is -0.495 e. The van der Waals surface area contributed by atoms with Gasteiger partial charge in [0.15, 0.2) is 5.11 Å². The molecule has 0 unspecified atom stereocenters. The molecule has 0 fully saturated rings. The Kier molecular flexibility index (Phi) is 7.67. The van der Waals surface area contributed by atoms with Crippen LogP contribution in [0.15, 0.2) is 103 Å². The summed E-state index contributed by atoms with van der Waals surface area (Å²) >= 11 is 5.78. The van der Waals surface area contributed by atoms with E-state index in [1.54, 1.807) is 7.11 Å². The molecule has 0 saturated heterocycles. The van der Waals surface area contributed by atoms with E-state index in [2.05, 4.69) is 89.1 Å². The maximum atomic E-state index is 5.78. The lowest BCUT2D eigenvalue weighted by atomic mass is 9.93. The Morgan fingerprint density at radius 1 is 0.838 bits per heavy atom. The lowest BCUT2D eigenvalue weighted by Gasteiger charge is -2.22. The zero-order valence-electron chi connectivity index (χ0n) is 21.4. The molecule has 5 rings (SSSR count). The normalized spacial score (nSPS) is 12.1. The van der Waals surface area contributed by atoms with Crippen molar-refractivity contribution in [3.63, 3.8) is 0 Å². The van der Waals surface area contributed by atoms with Crippen LogP contribution in [0, 0.1) is 0 Å². The van der Waals surface area contributed by atoms with Crippen molar-refractivity contribution >= 4 is 28.6 Å². The number of hydrogen-bond acceptors (Lipinski definition) is 2. The summed E-state index contributed by atoms with van der Waals surface area (Å²) in [5.41, 5.74) is 9.99. The number of nitrogens with zero attached hydrogens (tertiary/aromatic N) is 1. The van der Waals surface area contributed by atoms with Gasteiger partial charge in [-0.15, -0.1) is 0 Å². The number of thiocarbonyl (C=S) groups is 1. The van der Waals surface area contributed by atoms with Gasteiger partial charge in [0.05, 0.1) is 12.8 Å². The minimum atomic E-state index is 0.670. The fourth-order valence-electron chi connectivity index (χ4n) is 4.97. The highest BCUT2D eigenvalue weighted by Crippen LogP contribution is 2.34. The number of fused-ring (bicyclic) bond motifs is 2. The molecule has 0 aromatic heterocycles. The minimum absolute atomic E-state index is 0.670. The molecule has 37 heavy (non-hydrogen) atoms. The number of methoxy groups -OCH3 is 1. The first-order valence-electron chi connectivity index (χ1n) is 12.8. The van der Waals surface area contributed by atoms with Gasteiger partial charge in [-0.1, -0.05) is 91.0 Å². The van der Waals surface area contributed by atoms with Gasteiger partial charge in [0.25, 0.3) is 0 Å². The molecule has 0 saturated carbocycles. The van der Waals surface area contributed by atoms with Crippen LogP contribution in [-0.2, 0) is 12.8 Å². The Morgan fingerprint density at radius 3 is 2.11 bits per heavy atom. The Labute approximate surface area is 225 Å². The third-order valence-corrected chi connectivity index (χ3v) is 7.40. The maximum Gasteiger partial charge on any atom is 0.173 e. The lowest BCUT2D eigenvalue weighted by molar-refractivity contribution is 0.416. The number of ether oxygens (including phenoxy) is 1. The second-order valence-corrected chi connectivity index (χ2v) is 9.74.